The molecule has 5 nitrogen and oxygen atoms in total. The number of aliphatic hydroxyl groups is 1. The Labute approximate surface area is 160 Å². The minimum absolute atomic E-state index is 0.0401. The molecule has 0 radical (unpaired) electrons. The van der Waals surface area contributed by atoms with Crippen molar-refractivity contribution in [3.05, 3.63) is 42.5 Å². The molecular formula is C22H28N2O3. The summed E-state index contributed by atoms with van der Waals surface area (Å²) in [6, 6.07) is 5.41. The smallest absolute Gasteiger partial charge is 0.155 e. The van der Waals surface area contributed by atoms with Crippen molar-refractivity contribution < 1.29 is 14.6 Å². The number of ether oxygens (including phenoxy) is 1. The molecule has 2 N–H and O–H groups in total. The van der Waals surface area contributed by atoms with E-state index in [-0.39, 0.29) is 11.8 Å². The zero-order valence-electron chi connectivity index (χ0n) is 16.0. The minimum Gasteiger partial charge on any atom is -0.497 e. The van der Waals surface area contributed by atoms with Crippen LogP contribution >= 0.6 is 0 Å². The van der Waals surface area contributed by atoms with Gasteiger partial charge in [-0.05, 0) is 68.0 Å². The molecule has 5 rings (SSSR count). The first-order chi connectivity index (χ1) is 13.0. The van der Waals surface area contributed by atoms with E-state index >= 15 is 0 Å². The second kappa shape index (κ2) is 7.13. The Kier molecular flexibility index (Phi) is 4.82. The Morgan fingerprint density at radius 2 is 2.30 bits per heavy atom. The molecule has 4 aliphatic heterocycles. The Bertz CT molecular complexity index is 788. The Hall–Kier alpha value is -2.11. The number of hydrogen-bond donors (Lipinski definition) is 2. The number of nitrogens with zero attached hydrogens (tertiary/aromatic N) is 1. The van der Waals surface area contributed by atoms with Gasteiger partial charge in [-0.1, -0.05) is 6.08 Å². The summed E-state index contributed by atoms with van der Waals surface area (Å²) < 4.78 is 5.38. The molecule has 3 unspecified atom stereocenters. The first-order valence-corrected chi connectivity index (χ1v) is 9.73. The largest absolute Gasteiger partial charge is 0.497 e. The Morgan fingerprint density at radius 1 is 1.48 bits per heavy atom. The fourth-order valence-electron chi connectivity index (χ4n) is 4.88. The molecule has 4 aliphatic rings. The molecule has 27 heavy (non-hydrogen) atoms. The molecule has 1 aromatic rings. The van der Waals surface area contributed by atoms with Crippen LogP contribution in [0.5, 0.6) is 5.75 Å². The van der Waals surface area contributed by atoms with Gasteiger partial charge in [-0.25, -0.2) is 0 Å². The topological polar surface area (TPSA) is 61.8 Å². The van der Waals surface area contributed by atoms with Crippen molar-refractivity contribution in [2.45, 2.75) is 38.0 Å². The highest BCUT2D eigenvalue weighted by atomic mass is 16.5. The first kappa shape index (κ1) is 18.3. The lowest BCUT2D eigenvalue weighted by Gasteiger charge is -2.51. The van der Waals surface area contributed by atoms with Crippen LogP contribution in [0.2, 0.25) is 0 Å². The van der Waals surface area contributed by atoms with Crippen LogP contribution in [0.25, 0.3) is 5.57 Å². The van der Waals surface area contributed by atoms with E-state index in [1.807, 2.05) is 24.3 Å². The molecule has 0 spiro atoms. The van der Waals surface area contributed by atoms with Crippen LogP contribution in [0.1, 0.15) is 25.3 Å². The van der Waals surface area contributed by atoms with Crippen LogP contribution in [0.4, 0.5) is 5.69 Å². The van der Waals surface area contributed by atoms with Gasteiger partial charge < -0.3 is 15.2 Å². The molecule has 2 bridgehead atoms. The second-order valence-corrected chi connectivity index (χ2v) is 7.96. The maximum atomic E-state index is 12.1. The lowest BCUT2D eigenvalue weighted by atomic mass is 9.73. The van der Waals surface area contributed by atoms with Crippen LogP contribution in [-0.4, -0.2) is 54.2 Å². The van der Waals surface area contributed by atoms with Gasteiger partial charge in [0, 0.05) is 23.8 Å². The van der Waals surface area contributed by atoms with Crippen LogP contribution in [0.3, 0.4) is 0 Å². The highest BCUT2D eigenvalue weighted by molar-refractivity contribution is 5.94. The van der Waals surface area contributed by atoms with E-state index in [9.17, 15) is 9.90 Å². The molecule has 6 atom stereocenters. The van der Waals surface area contributed by atoms with Gasteiger partial charge >= 0.3 is 0 Å². The number of ketones is 1. The fraction of sp³-hybridized carbons (Fsp3) is 0.500. The van der Waals surface area contributed by atoms with E-state index in [1.165, 1.54) is 6.42 Å². The summed E-state index contributed by atoms with van der Waals surface area (Å²) in [6.07, 6.45) is 5.46. The van der Waals surface area contributed by atoms with E-state index in [0.717, 1.165) is 42.1 Å². The number of hydrogen-bond acceptors (Lipinski definition) is 5. The maximum absolute atomic E-state index is 12.1. The highest BCUT2D eigenvalue weighted by Gasteiger charge is 2.43. The third kappa shape index (κ3) is 3.19. The number of aliphatic hydroxyl groups excluding tert-OH is 1. The molecule has 0 saturated carbocycles. The summed E-state index contributed by atoms with van der Waals surface area (Å²) in [5, 5.41) is 14.6. The number of nitrogens with one attached hydrogen (secondary N) is 1. The van der Waals surface area contributed by atoms with Crippen molar-refractivity contribution in [1.82, 2.24) is 4.90 Å². The number of methoxy groups -OCH3 is 1. The average molecular weight is 368 g/mol. The van der Waals surface area contributed by atoms with Crippen LogP contribution < -0.4 is 10.1 Å². The predicted octanol–water partition coefficient (Wildman–Crippen LogP) is 2.72. The van der Waals surface area contributed by atoms with Crippen molar-refractivity contribution in [2.24, 2.45) is 11.8 Å². The fourth-order valence-corrected chi connectivity index (χ4v) is 4.88. The van der Waals surface area contributed by atoms with Crippen molar-refractivity contribution >= 4 is 17.0 Å². The van der Waals surface area contributed by atoms with Crippen LogP contribution in [0, 0.1) is 11.8 Å². The summed E-state index contributed by atoms with van der Waals surface area (Å²) >= 11 is 0. The zero-order valence-corrected chi connectivity index (χ0v) is 16.0. The summed E-state index contributed by atoms with van der Waals surface area (Å²) in [5.41, 5.74) is 2.62. The Morgan fingerprint density at radius 3 is 2.93 bits per heavy atom. The van der Waals surface area contributed by atoms with E-state index in [1.54, 1.807) is 14.0 Å². The van der Waals surface area contributed by atoms with Crippen molar-refractivity contribution in [3.8, 4) is 5.75 Å². The molecule has 0 amide bonds. The average Bonchev–Trinajstić information content (AvgIpc) is 2.71. The van der Waals surface area contributed by atoms with Crippen molar-refractivity contribution in [3.63, 3.8) is 0 Å². The van der Waals surface area contributed by atoms with Gasteiger partial charge in [0.05, 0.1) is 13.2 Å². The minimum atomic E-state index is -0.631. The molecule has 144 valence electrons. The van der Waals surface area contributed by atoms with Gasteiger partial charge in [0.2, 0.25) is 0 Å². The summed E-state index contributed by atoms with van der Waals surface area (Å²) in [4.78, 5) is 14.4. The number of carbonyl (C=O) groups excluding carboxylic acids is 1. The second-order valence-electron chi connectivity index (χ2n) is 7.96. The predicted molar refractivity (Wildman–Crippen MR) is 107 cm³/mol. The molecule has 5 heteroatoms. The molecule has 3 saturated heterocycles. The van der Waals surface area contributed by atoms with Crippen LogP contribution in [0.15, 0.2) is 36.9 Å². The normalized spacial score (nSPS) is 32.7. The molecule has 3 fully saturated rings. The number of piperidine rings is 3. The van der Waals surface area contributed by atoms with Gasteiger partial charge in [0.1, 0.15) is 11.8 Å². The van der Waals surface area contributed by atoms with Crippen molar-refractivity contribution in [1.29, 1.82) is 0 Å². The number of benzene rings is 1. The molecule has 0 aromatic heterocycles. The number of rotatable bonds is 5. The lowest BCUT2D eigenvalue weighted by Crippen LogP contribution is -2.57. The van der Waals surface area contributed by atoms with E-state index in [4.69, 9.17) is 4.74 Å². The molecule has 1 aromatic carbocycles. The SMILES string of the molecule is C=C[C@H]1CN2CCC1C[C@H]2[C@H](O)C1=CC(C(C)=O)Nc2ccc(OC)cc21. The number of carbonyl (C=O) groups is 1. The standard InChI is InChI=1S/C22H28N2O3/c1-4-14-12-24-8-7-15(14)9-21(24)22(26)18-11-20(13(2)25)23-19-6-5-16(27-3)10-17(18)19/h4-6,10-11,14-15,20-23,26H,1,7-9,12H2,2-3H3/t14-,15?,20?,21-,22+/m0/s1. The lowest BCUT2D eigenvalue weighted by molar-refractivity contribution is -0.116. The molecule has 0 aliphatic carbocycles. The van der Waals surface area contributed by atoms with E-state index < -0.39 is 12.1 Å². The highest BCUT2D eigenvalue weighted by Crippen LogP contribution is 2.42. The summed E-state index contributed by atoms with van der Waals surface area (Å²) in [7, 11) is 1.64. The summed E-state index contributed by atoms with van der Waals surface area (Å²) in [6.45, 7) is 7.54. The third-order valence-corrected chi connectivity index (χ3v) is 6.47. The Balaban J connectivity index is 1.68. The number of Topliss-reactive ketones (excluding diaryl/α,β-unsaturated/α-hetero) is 1. The zero-order chi connectivity index (χ0) is 19.1. The monoisotopic (exact) mass is 368 g/mol. The third-order valence-electron chi connectivity index (χ3n) is 6.47. The number of fused-ring (bicyclic) bond motifs is 4. The molecule has 4 heterocycles. The van der Waals surface area contributed by atoms with Gasteiger partial charge in [-0.15, -0.1) is 6.58 Å². The van der Waals surface area contributed by atoms with E-state index in [0.29, 0.717) is 11.8 Å². The van der Waals surface area contributed by atoms with E-state index in [2.05, 4.69) is 22.9 Å². The van der Waals surface area contributed by atoms with Crippen molar-refractivity contribution in [2.75, 3.05) is 25.5 Å². The van der Waals surface area contributed by atoms with Gasteiger partial charge in [-0.3, -0.25) is 9.69 Å². The first-order valence-electron chi connectivity index (χ1n) is 9.73. The van der Waals surface area contributed by atoms with Gasteiger partial charge in [0.25, 0.3) is 0 Å². The summed E-state index contributed by atoms with van der Waals surface area (Å²) in [5.74, 6) is 1.88. The molecular weight excluding hydrogens is 340 g/mol. The quantitative estimate of drug-likeness (QED) is 0.783. The number of anilines is 1. The van der Waals surface area contributed by atoms with Gasteiger partial charge in [-0.2, -0.15) is 0 Å². The van der Waals surface area contributed by atoms with Gasteiger partial charge in [0.15, 0.2) is 5.78 Å². The van der Waals surface area contributed by atoms with Crippen LogP contribution in [-0.2, 0) is 4.79 Å². The maximum Gasteiger partial charge on any atom is 0.155 e.